The zero-order valence-electron chi connectivity index (χ0n) is 10.2. The van der Waals surface area contributed by atoms with Crippen molar-refractivity contribution in [1.82, 2.24) is 0 Å². The second-order valence-corrected chi connectivity index (χ2v) is 5.96. The molecule has 1 atom stereocenters. The predicted molar refractivity (Wildman–Crippen MR) is 74.2 cm³/mol. The summed E-state index contributed by atoms with van der Waals surface area (Å²) in [6.45, 7) is 2.28. The number of rotatable bonds is 5. The maximum atomic E-state index is 2.32. The van der Waals surface area contributed by atoms with Gasteiger partial charge >= 0.3 is 0 Å². The first-order valence-electron chi connectivity index (χ1n) is 6.54. The number of benzene rings is 1. The second-order valence-electron chi connectivity index (χ2n) is 4.81. The highest BCUT2D eigenvalue weighted by molar-refractivity contribution is 7.99. The van der Waals surface area contributed by atoms with E-state index in [9.17, 15) is 0 Å². The van der Waals surface area contributed by atoms with Crippen molar-refractivity contribution in [2.45, 2.75) is 39.0 Å². The summed E-state index contributed by atoms with van der Waals surface area (Å²) in [5, 5.41) is 0. The topological polar surface area (TPSA) is 0 Å². The van der Waals surface area contributed by atoms with Gasteiger partial charge in [-0.05, 0) is 54.2 Å². The molecule has 1 aliphatic rings. The molecule has 88 valence electrons. The summed E-state index contributed by atoms with van der Waals surface area (Å²) in [4.78, 5) is 0. The van der Waals surface area contributed by atoms with Gasteiger partial charge in [0.25, 0.3) is 0 Å². The van der Waals surface area contributed by atoms with Crippen molar-refractivity contribution in [3.05, 3.63) is 35.4 Å². The Labute approximate surface area is 104 Å². The van der Waals surface area contributed by atoms with E-state index >= 15 is 0 Å². The van der Waals surface area contributed by atoms with E-state index in [-0.39, 0.29) is 0 Å². The lowest BCUT2D eigenvalue weighted by Crippen LogP contribution is -2.16. The standard InChI is InChI=1S/C15H22S/c1-2-3-10-16-12-13-8-9-14-6-4-5-7-15(14)11-13/h4-7,13H,2-3,8-12H2,1H3. The molecule has 2 rings (SSSR count). The molecule has 0 aliphatic heterocycles. The molecule has 1 aromatic rings. The Kier molecular flexibility index (Phi) is 4.77. The molecule has 0 heterocycles. The average Bonchev–Trinajstić information content (AvgIpc) is 2.34. The van der Waals surface area contributed by atoms with Crippen molar-refractivity contribution in [3.63, 3.8) is 0 Å². The van der Waals surface area contributed by atoms with Crippen LogP contribution >= 0.6 is 11.8 Å². The van der Waals surface area contributed by atoms with Crippen LogP contribution in [0.15, 0.2) is 24.3 Å². The van der Waals surface area contributed by atoms with E-state index in [0.717, 1.165) is 5.92 Å². The quantitative estimate of drug-likeness (QED) is 0.684. The van der Waals surface area contributed by atoms with E-state index in [1.54, 1.807) is 11.1 Å². The van der Waals surface area contributed by atoms with E-state index in [1.807, 2.05) is 0 Å². The molecule has 1 aliphatic carbocycles. The van der Waals surface area contributed by atoms with E-state index in [4.69, 9.17) is 0 Å². The average molecular weight is 234 g/mol. The molecular weight excluding hydrogens is 212 g/mol. The van der Waals surface area contributed by atoms with Crippen LogP contribution in [0, 0.1) is 5.92 Å². The summed E-state index contributed by atoms with van der Waals surface area (Å²) < 4.78 is 0. The monoisotopic (exact) mass is 234 g/mol. The van der Waals surface area contributed by atoms with Gasteiger partial charge in [0.05, 0.1) is 0 Å². The molecule has 0 N–H and O–H groups in total. The summed E-state index contributed by atoms with van der Waals surface area (Å²) in [6.07, 6.45) is 6.73. The molecule has 1 unspecified atom stereocenters. The van der Waals surface area contributed by atoms with Crippen molar-refractivity contribution in [2.75, 3.05) is 11.5 Å². The van der Waals surface area contributed by atoms with Gasteiger partial charge < -0.3 is 0 Å². The lowest BCUT2D eigenvalue weighted by atomic mass is 9.85. The van der Waals surface area contributed by atoms with Crippen LogP contribution in [0.25, 0.3) is 0 Å². The van der Waals surface area contributed by atoms with Gasteiger partial charge in [-0.15, -0.1) is 0 Å². The molecule has 0 saturated carbocycles. The third kappa shape index (κ3) is 3.28. The van der Waals surface area contributed by atoms with Gasteiger partial charge in [-0.2, -0.15) is 11.8 Å². The van der Waals surface area contributed by atoms with Gasteiger partial charge in [0, 0.05) is 0 Å². The molecular formula is C15H22S. The second kappa shape index (κ2) is 6.34. The molecule has 1 aromatic carbocycles. The van der Waals surface area contributed by atoms with Crippen LogP contribution in [0.2, 0.25) is 0 Å². The van der Waals surface area contributed by atoms with Gasteiger partial charge in [0.2, 0.25) is 0 Å². The van der Waals surface area contributed by atoms with E-state index in [0.29, 0.717) is 0 Å². The van der Waals surface area contributed by atoms with Crippen LogP contribution in [0.3, 0.4) is 0 Å². The van der Waals surface area contributed by atoms with Crippen LogP contribution < -0.4 is 0 Å². The highest BCUT2D eigenvalue weighted by Crippen LogP contribution is 2.27. The molecule has 0 aromatic heterocycles. The van der Waals surface area contributed by atoms with Crippen LogP contribution in [0.1, 0.15) is 37.3 Å². The number of unbranched alkanes of at least 4 members (excludes halogenated alkanes) is 1. The number of hydrogen-bond donors (Lipinski definition) is 0. The first-order chi connectivity index (χ1) is 7.90. The van der Waals surface area contributed by atoms with Crippen molar-refractivity contribution in [2.24, 2.45) is 5.92 Å². The summed E-state index contributed by atoms with van der Waals surface area (Å²) in [7, 11) is 0. The number of fused-ring (bicyclic) bond motifs is 1. The minimum Gasteiger partial charge on any atom is -0.162 e. The van der Waals surface area contributed by atoms with Crippen LogP contribution in [0.4, 0.5) is 0 Å². The van der Waals surface area contributed by atoms with Gasteiger partial charge in [0.15, 0.2) is 0 Å². The van der Waals surface area contributed by atoms with Crippen molar-refractivity contribution >= 4 is 11.8 Å². The first-order valence-corrected chi connectivity index (χ1v) is 7.70. The number of aryl methyl sites for hydroxylation is 1. The lowest BCUT2D eigenvalue weighted by molar-refractivity contribution is 0.509. The summed E-state index contributed by atoms with van der Waals surface area (Å²) in [6, 6.07) is 8.98. The Morgan fingerprint density at radius 2 is 2.06 bits per heavy atom. The fraction of sp³-hybridized carbons (Fsp3) is 0.600. The highest BCUT2D eigenvalue weighted by Gasteiger charge is 2.17. The highest BCUT2D eigenvalue weighted by atomic mass is 32.2. The predicted octanol–water partition coefficient (Wildman–Crippen LogP) is 4.32. The Balaban J connectivity index is 1.79. The Morgan fingerprint density at radius 1 is 1.25 bits per heavy atom. The molecule has 16 heavy (non-hydrogen) atoms. The zero-order chi connectivity index (χ0) is 11.2. The number of thioether (sulfide) groups is 1. The van der Waals surface area contributed by atoms with E-state index in [1.165, 1.54) is 43.6 Å². The van der Waals surface area contributed by atoms with Crippen LogP contribution in [-0.2, 0) is 12.8 Å². The van der Waals surface area contributed by atoms with Crippen LogP contribution in [0.5, 0.6) is 0 Å². The van der Waals surface area contributed by atoms with Crippen molar-refractivity contribution < 1.29 is 0 Å². The lowest BCUT2D eigenvalue weighted by Gasteiger charge is -2.24. The third-order valence-electron chi connectivity index (χ3n) is 3.44. The largest absolute Gasteiger partial charge is 0.162 e. The summed E-state index contributed by atoms with van der Waals surface area (Å²) >= 11 is 2.16. The molecule has 0 amide bonds. The summed E-state index contributed by atoms with van der Waals surface area (Å²) in [5.74, 6) is 3.65. The molecule has 0 saturated heterocycles. The Bertz CT molecular complexity index is 319. The van der Waals surface area contributed by atoms with Crippen molar-refractivity contribution in [3.8, 4) is 0 Å². The Hall–Kier alpha value is -0.430. The Morgan fingerprint density at radius 3 is 2.88 bits per heavy atom. The van der Waals surface area contributed by atoms with Crippen molar-refractivity contribution in [1.29, 1.82) is 0 Å². The maximum Gasteiger partial charge on any atom is -0.00358 e. The van der Waals surface area contributed by atoms with E-state index < -0.39 is 0 Å². The van der Waals surface area contributed by atoms with Gasteiger partial charge in [-0.3, -0.25) is 0 Å². The molecule has 0 bridgehead atoms. The minimum atomic E-state index is 0.928. The fourth-order valence-corrected chi connectivity index (χ4v) is 3.69. The van der Waals surface area contributed by atoms with Crippen LogP contribution in [-0.4, -0.2) is 11.5 Å². The van der Waals surface area contributed by atoms with Gasteiger partial charge in [-0.25, -0.2) is 0 Å². The van der Waals surface area contributed by atoms with E-state index in [2.05, 4.69) is 43.0 Å². The first kappa shape index (κ1) is 12.0. The smallest absolute Gasteiger partial charge is 0.00358 e. The fourth-order valence-electron chi connectivity index (χ4n) is 2.41. The third-order valence-corrected chi connectivity index (χ3v) is 4.73. The number of hydrogen-bond acceptors (Lipinski definition) is 1. The van der Waals surface area contributed by atoms with Gasteiger partial charge in [-0.1, -0.05) is 37.6 Å². The van der Waals surface area contributed by atoms with Gasteiger partial charge in [0.1, 0.15) is 0 Å². The SMILES string of the molecule is CCCCSCC1CCc2ccccc2C1. The summed E-state index contributed by atoms with van der Waals surface area (Å²) in [5.41, 5.74) is 3.20. The molecule has 0 fully saturated rings. The molecule has 0 nitrogen and oxygen atoms in total. The molecule has 0 radical (unpaired) electrons. The maximum absolute atomic E-state index is 2.32. The normalized spacial score (nSPS) is 19.4. The molecule has 0 spiro atoms. The minimum absolute atomic E-state index is 0.928. The zero-order valence-corrected chi connectivity index (χ0v) is 11.1. The molecule has 1 heteroatoms.